The second-order valence-corrected chi connectivity index (χ2v) is 5.17. The van der Waals surface area contributed by atoms with Crippen molar-refractivity contribution in [2.75, 3.05) is 0 Å². The van der Waals surface area contributed by atoms with Crippen molar-refractivity contribution in [1.29, 1.82) is 0 Å². The first-order chi connectivity index (χ1) is 7.43. The van der Waals surface area contributed by atoms with E-state index in [1.54, 1.807) is 18.4 Å². The van der Waals surface area contributed by atoms with Gasteiger partial charge in [0.05, 0.1) is 0 Å². The third-order valence-electron chi connectivity index (χ3n) is 2.78. The summed E-state index contributed by atoms with van der Waals surface area (Å²) in [4.78, 5) is 11.2. The van der Waals surface area contributed by atoms with Gasteiger partial charge in [-0.15, -0.1) is 0 Å². The van der Waals surface area contributed by atoms with E-state index < -0.39 is 11.5 Å². The largest absolute Gasteiger partial charge is 0.480 e. The molecule has 0 aliphatic heterocycles. The smallest absolute Gasteiger partial charge is 0.329 e. The molecule has 4 heteroatoms. The average molecular weight is 282 g/mol. The van der Waals surface area contributed by atoms with Gasteiger partial charge in [0.15, 0.2) is 0 Å². The molecule has 0 atom stereocenters. The van der Waals surface area contributed by atoms with Crippen molar-refractivity contribution in [1.82, 2.24) is 4.57 Å². The summed E-state index contributed by atoms with van der Waals surface area (Å²) >= 11 is 3.40. The Bertz CT molecular complexity index is 557. The second-order valence-electron chi connectivity index (χ2n) is 4.25. The Labute approximate surface area is 102 Å². The van der Waals surface area contributed by atoms with Crippen LogP contribution in [0, 0.1) is 0 Å². The van der Waals surface area contributed by atoms with Gasteiger partial charge in [-0.2, -0.15) is 0 Å². The molecule has 0 aliphatic carbocycles. The third-order valence-corrected chi connectivity index (χ3v) is 3.27. The lowest BCUT2D eigenvalue weighted by Gasteiger charge is -2.22. The van der Waals surface area contributed by atoms with Gasteiger partial charge in [0.2, 0.25) is 0 Å². The number of aromatic nitrogens is 1. The first-order valence-corrected chi connectivity index (χ1v) is 5.73. The molecule has 1 N–H and O–H groups in total. The molecule has 84 valence electrons. The molecule has 0 amide bonds. The molecular formula is C12H12BrNO2. The minimum absolute atomic E-state index is 0.840. The monoisotopic (exact) mass is 281 g/mol. The summed E-state index contributed by atoms with van der Waals surface area (Å²) in [6, 6.07) is 7.73. The number of fused-ring (bicyclic) bond motifs is 1. The molecule has 0 aliphatic rings. The van der Waals surface area contributed by atoms with Crippen LogP contribution < -0.4 is 0 Å². The quantitative estimate of drug-likeness (QED) is 0.918. The Kier molecular flexibility index (Phi) is 2.54. The highest BCUT2D eigenvalue weighted by Gasteiger charge is 2.29. The Hall–Kier alpha value is -1.29. The van der Waals surface area contributed by atoms with Crippen LogP contribution in [0.3, 0.4) is 0 Å². The van der Waals surface area contributed by atoms with Crippen molar-refractivity contribution in [2.24, 2.45) is 0 Å². The lowest BCUT2D eigenvalue weighted by molar-refractivity contribution is -0.145. The highest BCUT2D eigenvalue weighted by Crippen LogP contribution is 2.26. The first-order valence-electron chi connectivity index (χ1n) is 4.93. The van der Waals surface area contributed by atoms with Crippen LogP contribution in [0.1, 0.15) is 13.8 Å². The fourth-order valence-corrected chi connectivity index (χ4v) is 2.08. The SMILES string of the molecule is CC(C)(C(=O)O)n1ccc2cc(Br)ccc21. The molecule has 1 aromatic carbocycles. The number of nitrogens with zero attached hydrogens (tertiary/aromatic N) is 1. The Morgan fingerprint density at radius 2 is 2.06 bits per heavy atom. The fourth-order valence-electron chi connectivity index (χ4n) is 1.70. The zero-order valence-electron chi connectivity index (χ0n) is 9.07. The second kappa shape index (κ2) is 3.63. The lowest BCUT2D eigenvalue weighted by Crippen LogP contribution is -2.34. The molecule has 0 radical (unpaired) electrons. The highest BCUT2D eigenvalue weighted by atomic mass is 79.9. The summed E-state index contributed by atoms with van der Waals surface area (Å²) in [6.45, 7) is 3.38. The van der Waals surface area contributed by atoms with Gasteiger partial charge < -0.3 is 9.67 Å². The molecule has 0 saturated heterocycles. The highest BCUT2D eigenvalue weighted by molar-refractivity contribution is 9.10. The normalized spacial score (nSPS) is 11.9. The molecule has 0 saturated carbocycles. The molecular weight excluding hydrogens is 270 g/mol. The van der Waals surface area contributed by atoms with Gasteiger partial charge in [0.25, 0.3) is 0 Å². The maximum absolute atomic E-state index is 11.2. The number of rotatable bonds is 2. The van der Waals surface area contributed by atoms with E-state index in [0.717, 1.165) is 15.4 Å². The summed E-state index contributed by atoms with van der Waals surface area (Å²) in [6.07, 6.45) is 1.81. The van der Waals surface area contributed by atoms with E-state index >= 15 is 0 Å². The number of halogens is 1. The van der Waals surface area contributed by atoms with Crippen LogP contribution in [0.25, 0.3) is 10.9 Å². The molecule has 16 heavy (non-hydrogen) atoms. The van der Waals surface area contributed by atoms with Gasteiger partial charge in [0.1, 0.15) is 5.54 Å². The van der Waals surface area contributed by atoms with E-state index in [9.17, 15) is 9.90 Å². The average Bonchev–Trinajstić information content (AvgIpc) is 2.60. The van der Waals surface area contributed by atoms with Crippen LogP contribution in [0.4, 0.5) is 0 Å². The summed E-state index contributed by atoms with van der Waals surface area (Å²) in [5, 5.41) is 10.2. The zero-order valence-corrected chi connectivity index (χ0v) is 10.7. The minimum atomic E-state index is -0.935. The molecule has 2 aromatic rings. The van der Waals surface area contributed by atoms with E-state index in [0.29, 0.717) is 0 Å². The number of carbonyl (C=O) groups is 1. The summed E-state index contributed by atoms with van der Waals surface area (Å²) < 4.78 is 2.77. The van der Waals surface area contributed by atoms with Crippen LogP contribution in [-0.4, -0.2) is 15.6 Å². The van der Waals surface area contributed by atoms with Gasteiger partial charge in [-0.05, 0) is 38.1 Å². The molecule has 0 unspecified atom stereocenters. The Morgan fingerprint density at radius 3 is 2.69 bits per heavy atom. The van der Waals surface area contributed by atoms with Gasteiger partial charge >= 0.3 is 5.97 Å². The van der Waals surface area contributed by atoms with Crippen molar-refractivity contribution in [3.05, 3.63) is 34.9 Å². The maximum Gasteiger partial charge on any atom is 0.329 e. The van der Waals surface area contributed by atoms with Crippen LogP contribution in [0.2, 0.25) is 0 Å². The minimum Gasteiger partial charge on any atom is -0.480 e. The van der Waals surface area contributed by atoms with Gasteiger partial charge in [0, 0.05) is 21.6 Å². The molecule has 0 bridgehead atoms. The lowest BCUT2D eigenvalue weighted by atomic mass is 10.1. The van der Waals surface area contributed by atoms with Gasteiger partial charge in [-0.1, -0.05) is 15.9 Å². The Morgan fingerprint density at radius 1 is 1.38 bits per heavy atom. The summed E-state index contributed by atoms with van der Waals surface area (Å²) in [5.74, 6) is -0.840. The number of carboxylic acid groups (broad SMARTS) is 1. The van der Waals surface area contributed by atoms with Crippen molar-refractivity contribution in [3.8, 4) is 0 Å². The Balaban J connectivity index is 2.67. The summed E-state index contributed by atoms with van der Waals surface area (Å²) in [7, 11) is 0. The van der Waals surface area contributed by atoms with Crippen LogP contribution in [-0.2, 0) is 10.3 Å². The number of hydrogen-bond acceptors (Lipinski definition) is 1. The van der Waals surface area contributed by atoms with Crippen LogP contribution in [0.15, 0.2) is 34.9 Å². The topological polar surface area (TPSA) is 42.2 Å². The molecule has 0 spiro atoms. The zero-order chi connectivity index (χ0) is 11.9. The van der Waals surface area contributed by atoms with E-state index in [1.165, 1.54) is 0 Å². The molecule has 3 nitrogen and oxygen atoms in total. The number of benzene rings is 1. The van der Waals surface area contributed by atoms with Crippen molar-refractivity contribution in [2.45, 2.75) is 19.4 Å². The standard InChI is InChI=1S/C12H12BrNO2/c1-12(2,11(15)16)14-6-5-8-7-9(13)3-4-10(8)14/h3-7H,1-2H3,(H,15,16). The van der Waals surface area contributed by atoms with E-state index in [2.05, 4.69) is 15.9 Å². The van der Waals surface area contributed by atoms with Gasteiger partial charge in [-0.25, -0.2) is 4.79 Å². The first kappa shape index (κ1) is 11.2. The van der Waals surface area contributed by atoms with Crippen LogP contribution >= 0.6 is 15.9 Å². The van der Waals surface area contributed by atoms with Crippen molar-refractivity contribution in [3.63, 3.8) is 0 Å². The molecule has 0 fully saturated rings. The van der Waals surface area contributed by atoms with Crippen LogP contribution in [0.5, 0.6) is 0 Å². The third kappa shape index (κ3) is 1.63. The molecule has 1 aromatic heterocycles. The fraction of sp³-hybridized carbons (Fsp3) is 0.250. The number of aliphatic carboxylic acids is 1. The predicted octanol–water partition coefficient (Wildman–Crippen LogP) is 3.22. The van der Waals surface area contributed by atoms with E-state index in [1.807, 2.05) is 30.5 Å². The van der Waals surface area contributed by atoms with Crippen molar-refractivity contribution < 1.29 is 9.90 Å². The van der Waals surface area contributed by atoms with E-state index in [4.69, 9.17) is 0 Å². The predicted molar refractivity (Wildman–Crippen MR) is 66.6 cm³/mol. The number of carboxylic acids is 1. The molecule has 1 heterocycles. The number of hydrogen-bond donors (Lipinski definition) is 1. The maximum atomic E-state index is 11.2. The van der Waals surface area contributed by atoms with Gasteiger partial charge in [-0.3, -0.25) is 0 Å². The molecule has 2 rings (SSSR count). The summed E-state index contributed by atoms with van der Waals surface area (Å²) in [5.41, 5.74) is -0.00846. The van der Waals surface area contributed by atoms with Crippen molar-refractivity contribution >= 4 is 32.8 Å². The van der Waals surface area contributed by atoms with E-state index in [-0.39, 0.29) is 0 Å².